The largest absolute Gasteiger partial charge is 0.361 e. The molecule has 0 atom stereocenters. The number of aromatic nitrogens is 1. The molecule has 0 aliphatic heterocycles. The van der Waals surface area contributed by atoms with Gasteiger partial charge >= 0.3 is 0 Å². The van der Waals surface area contributed by atoms with E-state index in [1.165, 1.54) is 0 Å². The first-order valence-electron chi connectivity index (χ1n) is 6.80. The van der Waals surface area contributed by atoms with E-state index < -0.39 is 0 Å². The number of allylic oxidation sites excluding steroid dienone is 1. The van der Waals surface area contributed by atoms with E-state index in [4.69, 9.17) is 0 Å². The Bertz CT molecular complexity index is 712. The Morgan fingerprint density at radius 2 is 1.75 bits per heavy atom. The van der Waals surface area contributed by atoms with Crippen LogP contribution in [0.5, 0.6) is 0 Å². The number of rotatable bonds is 1. The van der Waals surface area contributed by atoms with Gasteiger partial charge in [-0.15, -0.1) is 0 Å². The van der Waals surface area contributed by atoms with E-state index in [1.807, 2.05) is 44.3 Å². The third-order valence-electron chi connectivity index (χ3n) is 3.80. The number of H-pyrrole nitrogens is 1. The van der Waals surface area contributed by atoms with Gasteiger partial charge in [0.25, 0.3) is 0 Å². The van der Waals surface area contributed by atoms with Gasteiger partial charge in [-0.3, -0.25) is 9.59 Å². The molecule has 0 radical (unpaired) electrons. The van der Waals surface area contributed by atoms with Crippen molar-refractivity contribution in [1.82, 2.24) is 4.98 Å². The number of para-hydroxylation sites is 1. The minimum atomic E-state index is -0.217. The number of carbonyl (C=O) groups excluding carboxylic acids is 2. The van der Waals surface area contributed by atoms with Crippen molar-refractivity contribution in [3.05, 3.63) is 41.6 Å². The van der Waals surface area contributed by atoms with Gasteiger partial charge in [0.1, 0.15) is 0 Å². The number of hydrogen-bond acceptors (Lipinski definition) is 2. The van der Waals surface area contributed by atoms with Crippen molar-refractivity contribution in [2.45, 2.75) is 26.7 Å². The van der Waals surface area contributed by atoms with Crippen molar-refractivity contribution in [1.29, 1.82) is 0 Å². The van der Waals surface area contributed by atoms with Crippen LogP contribution in [-0.2, 0) is 9.59 Å². The summed E-state index contributed by atoms with van der Waals surface area (Å²) in [6.45, 7) is 3.93. The molecule has 0 bridgehead atoms. The van der Waals surface area contributed by atoms with Crippen molar-refractivity contribution >= 4 is 28.5 Å². The lowest BCUT2D eigenvalue weighted by molar-refractivity contribution is -0.127. The summed E-state index contributed by atoms with van der Waals surface area (Å²) in [5, 5.41) is 1.03. The summed E-state index contributed by atoms with van der Waals surface area (Å²) in [6.07, 6.45) is 4.45. The number of hydrogen-bond donors (Lipinski definition) is 1. The van der Waals surface area contributed by atoms with Crippen molar-refractivity contribution in [2.75, 3.05) is 0 Å². The number of Topliss-reactive ketones (excluding diaryl/α,β-unsaturated/α-hetero) is 2. The van der Waals surface area contributed by atoms with Crippen molar-refractivity contribution in [3.63, 3.8) is 0 Å². The molecule has 1 aromatic carbocycles. The van der Waals surface area contributed by atoms with Gasteiger partial charge in [0.05, 0.1) is 5.57 Å². The average molecular weight is 267 g/mol. The molecule has 1 aliphatic carbocycles. The Hall–Kier alpha value is -2.16. The van der Waals surface area contributed by atoms with E-state index in [0.717, 1.165) is 16.5 Å². The van der Waals surface area contributed by atoms with Crippen LogP contribution < -0.4 is 0 Å². The highest BCUT2D eigenvalue weighted by atomic mass is 16.1. The van der Waals surface area contributed by atoms with Gasteiger partial charge in [-0.25, -0.2) is 0 Å². The van der Waals surface area contributed by atoms with Crippen molar-refractivity contribution in [2.24, 2.45) is 5.41 Å². The van der Waals surface area contributed by atoms with E-state index in [0.29, 0.717) is 18.4 Å². The third kappa shape index (κ3) is 2.20. The van der Waals surface area contributed by atoms with Crippen LogP contribution in [0.4, 0.5) is 0 Å². The smallest absolute Gasteiger partial charge is 0.167 e. The molecule has 1 aromatic heterocycles. The molecule has 1 saturated carbocycles. The first-order chi connectivity index (χ1) is 9.46. The highest BCUT2D eigenvalue weighted by Gasteiger charge is 2.35. The fraction of sp³-hybridized carbons (Fsp3) is 0.294. The first kappa shape index (κ1) is 12.9. The molecule has 0 unspecified atom stereocenters. The standard InChI is InChI=1S/C17H17NO2/c1-17(2)8-15(19)13(16(20)9-17)7-11-10-18-14-6-4-3-5-12(11)14/h3-7,10,18H,8-9H2,1-2H3. The fourth-order valence-electron chi connectivity index (χ4n) is 2.81. The lowest BCUT2D eigenvalue weighted by Crippen LogP contribution is -2.31. The predicted octanol–water partition coefficient (Wildman–Crippen LogP) is 3.51. The molecule has 1 aliphatic rings. The number of carbonyl (C=O) groups is 2. The van der Waals surface area contributed by atoms with Crippen LogP contribution in [0.1, 0.15) is 32.3 Å². The van der Waals surface area contributed by atoms with Gasteiger partial charge in [0, 0.05) is 35.5 Å². The second-order valence-electron chi connectivity index (χ2n) is 6.21. The van der Waals surface area contributed by atoms with Crippen LogP contribution in [-0.4, -0.2) is 16.6 Å². The molecule has 20 heavy (non-hydrogen) atoms. The van der Waals surface area contributed by atoms with Crippen LogP contribution in [0, 0.1) is 5.41 Å². The molecular formula is C17H17NO2. The number of nitrogens with one attached hydrogen (secondary N) is 1. The zero-order valence-corrected chi connectivity index (χ0v) is 11.7. The Balaban J connectivity index is 2.04. The lowest BCUT2D eigenvalue weighted by Gasteiger charge is -2.28. The summed E-state index contributed by atoms with van der Waals surface area (Å²) in [5.41, 5.74) is 2.03. The van der Waals surface area contributed by atoms with Gasteiger partial charge < -0.3 is 4.98 Å². The molecule has 0 saturated heterocycles. The summed E-state index contributed by atoms with van der Waals surface area (Å²) in [7, 11) is 0. The maximum atomic E-state index is 12.2. The van der Waals surface area contributed by atoms with Crippen LogP contribution in [0.2, 0.25) is 0 Å². The maximum Gasteiger partial charge on any atom is 0.167 e. The van der Waals surface area contributed by atoms with Crippen molar-refractivity contribution < 1.29 is 9.59 Å². The molecule has 0 spiro atoms. The topological polar surface area (TPSA) is 49.9 Å². The van der Waals surface area contributed by atoms with Gasteiger partial charge in [-0.1, -0.05) is 32.0 Å². The fourth-order valence-corrected chi connectivity index (χ4v) is 2.81. The van der Waals surface area contributed by atoms with E-state index >= 15 is 0 Å². The van der Waals surface area contributed by atoms with Gasteiger partial charge in [-0.05, 0) is 17.6 Å². The van der Waals surface area contributed by atoms with E-state index in [9.17, 15) is 9.59 Å². The normalized spacial score (nSPS) is 18.6. The molecule has 1 N–H and O–H groups in total. The van der Waals surface area contributed by atoms with E-state index in [1.54, 1.807) is 6.08 Å². The minimum Gasteiger partial charge on any atom is -0.361 e. The van der Waals surface area contributed by atoms with Gasteiger partial charge in [-0.2, -0.15) is 0 Å². The average Bonchev–Trinajstić information content (AvgIpc) is 2.76. The Labute approximate surface area is 117 Å². The molecule has 3 rings (SSSR count). The zero-order chi connectivity index (χ0) is 14.3. The lowest BCUT2D eigenvalue weighted by atomic mass is 9.74. The summed E-state index contributed by atoms with van der Waals surface area (Å²) >= 11 is 0. The van der Waals surface area contributed by atoms with E-state index in [2.05, 4.69) is 4.98 Å². The maximum absolute atomic E-state index is 12.2. The summed E-state index contributed by atoms with van der Waals surface area (Å²) in [5.74, 6) is -0.0898. The SMILES string of the molecule is CC1(C)CC(=O)C(=Cc2c[nH]c3ccccc23)C(=O)C1. The summed E-state index contributed by atoms with van der Waals surface area (Å²) < 4.78 is 0. The Morgan fingerprint density at radius 1 is 1.10 bits per heavy atom. The molecule has 3 nitrogen and oxygen atoms in total. The second-order valence-corrected chi connectivity index (χ2v) is 6.21. The highest BCUT2D eigenvalue weighted by Crippen LogP contribution is 2.34. The molecule has 3 heteroatoms. The summed E-state index contributed by atoms with van der Waals surface area (Å²) in [6, 6.07) is 7.87. The zero-order valence-electron chi connectivity index (χ0n) is 11.7. The van der Waals surface area contributed by atoms with E-state index in [-0.39, 0.29) is 17.0 Å². The highest BCUT2D eigenvalue weighted by molar-refractivity contribution is 6.25. The third-order valence-corrected chi connectivity index (χ3v) is 3.80. The Kier molecular flexibility index (Phi) is 2.85. The van der Waals surface area contributed by atoms with Gasteiger partial charge in [0.15, 0.2) is 11.6 Å². The quantitative estimate of drug-likeness (QED) is 0.635. The molecular weight excluding hydrogens is 250 g/mol. The van der Waals surface area contributed by atoms with Crippen LogP contribution in [0.25, 0.3) is 17.0 Å². The molecule has 2 aromatic rings. The molecule has 0 amide bonds. The van der Waals surface area contributed by atoms with Gasteiger partial charge in [0.2, 0.25) is 0 Å². The first-order valence-corrected chi connectivity index (χ1v) is 6.80. The molecule has 1 fully saturated rings. The number of ketones is 2. The molecule has 102 valence electrons. The van der Waals surface area contributed by atoms with Crippen LogP contribution in [0.15, 0.2) is 36.0 Å². The Morgan fingerprint density at radius 3 is 2.45 bits per heavy atom. The van der Waals surface area contributed by atoms with Crippen molar-refractivity contribution in [3.8, 4) is 0 Å². The number of aromatic amines is 1. The van der Waals surface area contributed by atoms with Crippen LogP contribution >= 0.6 is 0 Å². The number of fused-ring (bicyclic) bond motifs is 1. The summed E-state index contributed by atoms with van der Waals surface area (Å²) in [4.78, 5) is 27.5. The predicted molar refractivity (Wildman–Crippen MR) is 79.3 cm³/mol. The monoisotopic (exact) mass is 267 g/mol. The second kappa shape index (κ2) is 4.44. The number of benzene rings is 1. The minimum absolute atomic E-state index is 0.0449. The van der Waals surface area contributed by atoms with Crippen LogP contribution in [0.3, 0.4) is 0 Å². The molecule has 1 heterocycles.